The molecule has 0 saturated carbocycles. The van der Waals surface area contributed by atoms with E-state index < -0.39 is 12.0 Å². The largest absolute Gasteiger partial charge is 0.480 e. The van der Waals surface area contributed by atoms with Crippen LogP contribution in [0.25, 0.3) is 0 Å². The lowest BCUT2D eigenvalue weighted by molar-refractivity contribution is -0.140. The van der Waals surface area contributed by atoms with Gasteiger partial charge in [0, 0.05) is 11.3 Å². The monoisotopic (exact) mass is 232 g/mol. The Morgan fingerprint density at radius 3 is 2.53 bits per heavy atom. The summed E-state index contributed by atoms with van der Waals surface area (Å²) < 4.78 is 0. The molecule has 15 heavy (non-hydrogen) atoms. The third-order valence-corrected chi connectivity index (χ3v) is 2.92. The molecule has 0 bridgehead atoms. The van der Waals surface area contributed by atoms with Gasteiger partial charge in [0.05, 0.1) is 5.88 Å². The van der Waals surface area contributed by atoms with E-state index in [2.05, 4.69) is 5.32 Å². The van der Waals surface area contributed by atoms with Crippen molar-refractivity contribution in [2.75, 3.05) is 11.6 Å². The Kier molecular flexibility index (Phi) is 3.49. The van der Waals surface area contributed by atoms with Crippen LogP contribution >= 0.6 is 11.8 Å². The smallest absolute Gasteiger partial charge is 0.327 e. The molecule has 0 aromatic heterocycles. The molecular weight excluding hydrogens is 216 g/mol. The first kappa shape index (κ1) is 12.2. The maximum absolute atomic E-state index is 11.7. The molecule has 1 saturated heterocycles. The van der Waals surface area contributed by atoms with Crippen LogP contribution in [0.3, 0.4) is 0 Å². The molecular formula is C9H16N2O3S. The Morgan fingerprint density at radius 2 is 2.07 bits per heavy atom. The van der Waals surface area contributed by atoms with Gasteiger partial charge in [0.2, 0.25) is 0 Å². The van der Waals surface area contributed by atoms with Gasteiger partial charge in [0.1, 0.15) is 6.04 Å². The van der Waals surface area contributed by atoms with Crippen LogP contribution in [0.4, 0.5) is 4.79 Å². The second kappa shape index (κ2) is 4.30. The van der Waals surface area contributed by atoms with Gasteiger partial charge in [0.15, 0.2) is 0 Å². The summed E-state index contributed by atoms with van der Waals surface area (Å²) >= 11 is 1.46. The standard InChI is InChI=1S/C9H16N2O3S/c1-9(2,3)10-8(14)11-5-15-4-6(11)7(12)13/h6H,4-5H2,1-3H3,(H,10,14)(H,12,13)/t6-/m0/s1. The molecule has 1 aliphatic heterocycles. The Morgan fingerprint density at radius 1 is 1.47 bits per heavy atom. The van der Waals surface area contributed by atoms with Gasteiger partial charge in [0.25, 0.3) is 0 Å². The number of rotatable bonds is 1. The van der Waals surface area contributed by atoms with Gasteiger partial charge in [-0.2, -0.15) is 0 Å². The van der Waals surface area contributed by atoms with Crippen LogP contribution in [-0.4, -0.2) is 45.2 Å². The van der Waals surface area contributed by atoms with Crippen LogP contribution < -0.4 is 5.32 Å². The number of nitrogens with one attached hydrogen (secondary N) is 1. The van der Waals surface area contributed by atoms with Crippen molar-refractivity contribution in [3.63, 3.8) is 0 Å². The Labute approximate surface area is 93.2 Å². The molecule has 1 aliphatic rings. The van der Waals surface area contributed by atoms with Gasteiger partial charge in [-0.05, 0) is 20.8 Å². The predicted octanol–water partition coefficient (Wildman–Crippen LogP) is 0.954. The summed E-state index contributed by atoms with van der Waals surface area (Å²) in [5.41, 5.74) is -0.340. The van der Waals surface area contributed by atoms with Crippen LogP contribution in [0, 0.1) is 0 Å². The van der Waals surface area contributed by atoms with Crippen molar-refractivity contribution in [1.29, 1.82) is 0 Å². The number of urea groups is 1. The predicted molar refractivity (Wildman–Crippen MR) is 58.9 cm³/mol. The van der Waals surface area contributed by atoms with Crippen molar-refractivity contribution in [3.05, 3.63) is 0 Å². The fourth-order valence-electron chi connectivity index (χ4n) is 1.24. The molecule has 5 nitrogen and oxygen atoms in total. The van der Waals surface area contributed by atoms with E-state index in [0.29, 0.717) is 11.6 Å². The molecule has 0 spiro atoms. The molecule has 0 unspecified atom stereocenters. The molecule has 1 atom stereocenters. The SMILES string of the molecule is CC(C)(C)NC(=O)N1CSC[C@H]1C(=O)O. The fraction of sp³-hybridized carbons (Fsp3) is 0.778. The van der Waals surface area contributed by atoms with Crippen LogP contribution in [0.15, 0.2) is 0 Å². The zero-order chi connectivity index (χ0) is 11.6. The highest BCUT2D eigenvalue weighted by atomic mass is 32.2. The molecule has 0 aliphatic carbocycles. The number of carbonyl (C=O) groups excluding carboxylic acids is 1. The quantitative estimate of drug-likeness (QED) is 0.706. The molecule has 1 fully saturated rings. The van der Waals surface area contributed by atoms with Crippen molar-refractivity contribution in [1.82, 2.24) is 10.2 Å². The Hall–Kier alpha value is -0.910. The second-order valence-corrected chi connectivity index (χ2v) is 5.50. The van der Waals surface area contributed by atoms with Crippen molar-refractivity contribution in [2.24, 2.45) is 0 Å². The van der Waals surface area contributed by atoms with Crippen molar-refractivity contribution in [2.45, 2.75) is 32.4 Å². The van der Waals surface area contributed by atoms with Crippen molar-refractivity contribution in [3.8, 4) is 0 Å². The minimum atomic E-state index is -0.941. The van der Waals surface area contributed by atoms with Gasteiger partial charge in [-0.3, -0.25) is 0 Å². The van der Waals surface area contributed by atoms with E-state index in [1.54, 1.807) is 0 Å². The molecule has 0 aromatic carbocycles. The molecule has 1 heterocycles. The number of carboxylic acid groups (broad SMARTS) is 1. The summed E-state index contributed by atoms with van der Waals surface area (Å²) in [6.07, 6.45) is 0. The first-order valence-corrected chi connectivity index (χ1v) is 5.86. The first-order chi connectivity index (χ1) is 6.81. The highest BCUT2D eigenvalue weighted by Gasteiger charge is 2.35. The summed E-state index contributed by atoms with van der Waals surface area (Å²) in [7, 11) is 0. The van der Waals surface area contributed by atoms with E-state index >= 15 is 0 Å². The average molecular weight is 232 g/mol. The van der Waals surface area contributed by atoms with E-state index in [9.17, 15) is 9.59 Å². The van der Waals surface area contributed by atoms with Crippen LogP contribution in [0.1, 0.15) is 20.8 Å². The summed E-state index contributed by atoms with van der Waals surface area (Å²) in [4.78, 5) is 23.9. The molecule has 86 valence electrons. The summed E-state index contributed by atoms with van der Waals surface area (Å²) in [5.74, 6) is -0.0322. The molecule has 0 aromatic rings. The fourth-order valence-corrected chi connectivity index (χ4v) is 2.39. The second-order valence-electron chi connectivity index (χ2n) is 4.50. The van der Waals surface area contributed by atoms with E-state index in [0.717, 1.165) is 0 Å². The summed E-state index contributed by atoms with van der Waals surface area (Å²) in [6.45, 7) is 5.59. The van der Waals surface area contributed by atoms with Crippen molar-refractivity contribution < 1.29 is 14.7 Å². The number of hydrogen-bond donors (Lipinski definition) is 2. The zero-order valence-corrected chi connectivity index (χ0v) is 9.93. The Bertz CT molecular complexity index is 275. The summed E-state index contributed by atoms with van der Waals surface area (Å²) in [6, 6.07) is -1.00. The zero-order valence-electron chi connectivity index (χ0n) is 9.11. The van der Waals surface area contributed by atoms with Gasteiger partial charge < -0.3 is 15.3 Å². The van der Waals surface area contributed by atoms with Crippen molar-refractivity contribution >= 4 is 23.8 Å². The normalized spacial score (nSPS) is 21.5. The number of aliphatic carboxylic acids is 1. The molecule has 1 rings (SSSR count). The van der Waals surface area contributed by atoms with Gasteiger partial charge >= 0.3 is 12.0 Å². The lowest BCUT2D eigenvalue weighted by Crippen LogP contribution is -2.52. The maximum Gasteiger partial charge on any atom is 0.327 e. The van der Waals surface area contributed by atoms with E-state index in [1.807, 2.05) is 20.8 Å². The average Bonchev–Trinajstić information content (AvgIpc) is 2.47. The third kappa shape index (κ3) is 3.30. The van der Waals surface area contributed by atoms with Gasteiger partial charge in [-0.15, -0.1) is 11.8 Å². The highest BCUT2D eigenvalue weighted by molar-refractivity contribution is 7.99. The number of carboxylic acids is 1. The lowest BCUT2D eigenvalue weighted by Gasteiger charge is -2.27. The maximum atomic E-state index is 11.7. The highest BCUT2D eigenvalue weighted by Crippen LogP contribution is 2.21. The van der Waals surface area contributed by atoms with Crippen LogP contribution in [0.2, 0.25) is 0 Å². The van der Waals surface area contributed by atoms with Crippen LogP contribution in [-0.2, 0) is 4.79 Å². The number of carbonyl (C=O) groups is 2. The number of nitrogens with zero attached hydrogens (tertiary/aromatic N) is 1. The minimum Gasteiger partial charge on any atom is -0.480 e. The molecule has 2 amide bonds. The molecule has 2 N–H and O–H groups in total. The number of thioether (sulfide) groups is 1. The summed E-state index contributed by atoms with van der Waals surface area (Å²) in [5, 5.41) is 11.7. The molecule has 0 radical (unpaired) electrons. The number of amides is 2. The first-order valence-electron chi connectivity index (χ1n) is 4.70. The van der Waals surface area contributed by atoms with E-state index in [1.165, 1.54) is 16.7 Å². The lowest BCUT2D eigenvalue weighted by atomic mass is 10.1. The topological polar surface area (TPSA) is 69.6 Å². The molecule has 6 heteroatoms. The van der Waals surface area contributed by atoms with Gasteiger partial charge in [-0.25, -0.2) is 9.59 Å². The van der Waals surface area contributed by atoms with Gasteiger partial charge in [-0.1, -0.05) is 0 Å². The Balaban J connectivity index is 2.63. The van der Waals surface area contributed by atoms with Crippen LogP contribution in [0.5, 0.6) is 0 Å². The third-order valence-electron chi connectivity index (χ3n) is 1.91. The minimum absolute atomic E-state index is 0.306. The van der Waals surface area contributed by atoms with E-state index in [4.69, 9.17) is 5.11 Å². The number of hydrogen-bond acceptors (Lipinski definition) is 3. The van der Waals surface area contributed by atoms with E-state index in [-0.39, 0.29) is 11.6 Å².